The van der Waals surface area contributed by atoms with Crippen LogP contribution in [0.4, 0.5) is 11.6 Å². The van der Waals surface area contributed by atoms with Gasteiger partial charge in [-0.1, -0.05) is 0 Å². The third-order valence-electron chi connectivity index (χ3n) is 4.88. The summed E-state index contributed by atoms with van der Waals surface area (Å²) in [5.41, 5.74) is 6.07. The van der Waals surface area contributed by atoms with Crippen molar-refractivity contribution in [2.24, 2.45) is 0 Å². The number of aromatic nitrogens is 4. The number of benzene rings is 1. The summed E-state index contributed by atoms with van der Waals surface area (Å²) >= 11 is 0. The van der Waals surface area contributed by atoms with Gasteiger partial charge in [0.15, 0.2) is 11.2 Å². The first kappa shape index (κ1) is 24.8. The fourth-order valence-electron chi connectivity index (χ4n) is 3.18. The van der Waals surface area contributed by atoms with E-state index in [2.05, 4.69) is 25.3 Å². The van der Waals surface area contributed by atoms with E-state index >= 15 is 0 Å². The number of aldehydes is 1. The Kier molecular flexibility index (Phi) is 7.66. The molecule has 35 heavy (non-hydrogen) atoms. The SMILES string of the molecule is Nc1nc2ncc(CN(CC=O)c3ccc(C(=O)NC(CCC(=O)O)C(=O)O)cc3)nc2c(=O)[nH]1. The van der Waals surface area contributed by atoms with Crippen molar-refractivity contribution in [3.05, 3.63) is 52.1 Å². The number of anilines is 2. The fourth-order valence-corrected chi connectivity index (χ4v) is 3.18. The summed E-state index contributed by atoms with van der Waals surface area (Å²) < 4.78 is 0. The molecule has 0 saturated carbocycles. The van der Waals surface area contributed by atoms with Crippen LogP contribution in [0.25, 0.3) is 11.2 Å². The third kappa shape index (κ3) is 6.34. The number of carbonyl (C=O) groups excluding carboxylic acids is 2. The Morgan fingerprint density at radius 3 is 2.51 bits per heavy atom. The fraction of sp³-hybridized carbons (Fsp3) is 0.238. The lowest BCUT2D eigenvalue weighted by Gasteiger charge is -2.22. The molecule has 1 unspecified atom stereocenters. The van der Waals surface area contributed by atoms with Crippen molar-refractivity contribution in [3.8, 4) is 0 Å². The van der Waals surface area contributed by atoms with Crippen LogP contribution in [0.5, 0.6) is 0 Å². The molecule has 0 aliphatic rings. The number of nitrogens with one attached hydrogen (secondary N) is 2. The second-order valence-electron chi connectivity index (χ2n) is 7.38. The minimum Gasteiger partial charge on any atom is -0.481 e. The van der Waals surface area contributed by atoms with E-state index in [0.717, 1.165) is 0 Å². The molecule has 6 N–H and O–H groups in total. The van der Waals surface area contributed by atoms with Crippen LogP contribution in [0.1, 0.15) is 28.9 Å². The number of nitrogens with two attached hydrogens (primary N) is 1. The largest absolute Gasteiger partial charge is 0.481 e. The number of hydrogen-bond acceptors (Lipinski definition) is 10. The number of nitrogen functional groups attached to an aromatic ring is 1. The molecule has 0 spiro atoms. The number of H-pyrrole nitrogens is 1. The van der Waals surface area contributed by atoms with E-state index in [0.29, 0.717) is 17.7 Å². The molecule has 3 rings (SSSR count). The third-order valence-corrected chi connectivity index (χ3v) is 4.88. The number of aromatic amines is 1. The Morgan fingerprint density at radius 2 is 1.89 bits per heavy atom. The predicted molar refractivity (Wildman–Crippen MR) is 122 cm³/mol. The van der Waals surface area contributed by atoms with Gasteiger partial charge in [0.25, 0.3) is 11.5 Å². The van der Waals surface area contributed by atoms with Crippen molar-refractivity contribution in [2.45, 2.75) is 25.4 Å². The summed E-state index contributed by atoms with van der Waals surface area (Å²) in [5, 5.41) is 20.2. The summed E-state index contributed by atoms with van der Waals surface area (Å²) in [6.45, 7) is 0.0746. The second-order valence-corrected chi connectivity index (χ2v) is 7.38. The number of carbonyl (C=O) groups is 4. The molecule has 1 atom stereocenters. The van der Waals surface area contributed by atoms with Crippen molar-refractivity contribution in [3.63, 3.8) is 0 Å². The zero-order chi connectivity index (χ0) is 25.5. The van der Waals surface area contributed by atoms with Crippen molar-refractivity contribution < 1.29 is 29.4 Å². The summed E-state index contributed by atoms with van der Waals surface area (Å²) in [7, 11) is 0. The van der Waals surface area contributed by atoms with Gasteiger partial charge in [-0.25, -0.2) is 14.8 Å². The van der Waals surface area contributed by atoms with Gasteiger partial charge in [0.05, 0.1) is 25.0 Å². The molecule has 1 amide bonds. The van der Waals surface area contributed by atoms with E-state index in [-0.39, 0.29) is 42.2 Å². The van der Waals surface area contributed by atoms with Gasteiger partial charge in [0.1, 0.15) is 12.3 Å². The molecule has 0 radical (unpaired) electrons. The number of amides is 1. The molecule has 14 nitrogen and oxygen atoms in total. The zero-order valence-corrected chi connectivity index (χ0v) is 18.2. The van der Waals surface area contributed by atoms with Crippen LogP contribution in [0.3, 0.4) is 0 Å². The smallest absolute Gasteiger partial charge is 0.326 e. The minimum absolute atomic E-state index is 0.00865. The normalized spacial score (nSPS) is 11.5. The number of aliphatic carboxylic acids is 2. The first-order valence-electron chi connectivity index (χ1n) is 10.2. The molecule has 3 aromatic rings. The summed E-state index contributed by atoms with van der Waals surface area (Å²) in [5.74, 6) is -3.30. The monoisotopic (exact) mass is 483 g/mol. The molecule has 14 heteroatoms. The lowest BCUT2D eigenvalue weighted by atomic mass is 10.1. The van der Waals surface area contributed by atoms with E-state index in [4.69, 9.17) is 10.8 Å². The molecule has 0 saturated heterocycles. The average molecular weight is 483 g/mol. The van der Waals surface area contributed by atoms with E-state index in [1.807, 2.05) is 0 Å². The molecule has 0 bridgehead atoms. The van der Waals surface area contributed by atoms with Gasteiger partial charge in [0, 0.05) is 17.7 Å². The van der Waals surface area contributed by atoms with Crippen LogP contribution >= 0.6 is 0 Å². The van der Waals surface area contributed by atoms with Gasteiger partial charge >= 0.3 is 11.9 Å². The second kappa shape index (κ2) is 10.8. The maximum atomic E-state index is 12.4. The quantitative estimate of drug-likeness (QED) is 0.219. The van der Waals surface area contributed by atoms with Gasteiger partial charge in [0.2, 0.25) is 5.95 Å². The highest BCUT2D eigenvalue weighted by Crippen LogP contribution is 2.18. The Balaban J connectivity index is 1.76. The van der Waals surface area contributed by atoms with E-state index in [1.165, 1.54) is 18.3 Å². The Bertz CT molecular complexity index is 1320. The highest BCUT2D eigenvalue weighted by Gasteiger charge is 2.22. The minimum atomic E-state index is -1.36. The van der Waals surface area contributed by atoms with Crippen molar-refractivity contribution in [1.29, 1.82) is 0 Å². The molecule has 1 aromatic carbocycles. The van der Waals surface area contributed by atoms with Gasteiger partial charge in [-0.3, -0.25) is 19.4 Å². The number of nitrogens with zero attached hydrogens (tertiary/aromatic N) is 4. The van der Waals surface area contributed by atoms with Crippen LogP contribution in [0.15, 0.2) is 35.3 Å². The summed E-state index contributed by atoms with van der Waals surface area (Å²) in [6.07, 6.45) is 1.39. The molecule has 2 heterocycles. The van der Waals surface area contributed by atoms with E-state index in [1.54, 1.807) is 17.0 Å². The van der Waals surface area contributed by atoms with Crippen molar-refractivity contribution >= 4 is 46.9 Å². The predicted octanol–water partition coefficient (Wildman–Crippen LogP) is -0.451. The van der Waals surface area contributed by atoms with Crippen LogP contribution < -0.4 is 21.5 Å². The Morgan fingerprint density at radius 1 is 1.17 bits per heavy atom. The van der Waals surface area contributed by atoms with Crippen molar-refractivity contribution in [1.82, 2.24) is 25.3 Å². The van der Waals surface area contributed by atoms with Crippen molar-refractivity contribution in [2.75, 3.05) is 17.2 Å². The molecule has 0 fully saturated rings. The zero-order valence-electron chi connectivity index (χ0n) is 18.2. The first-order chi connectivity index (χ1) is 16.7. The number of rotatable bonds is 11. The average Bonchev–Trinajstić information content (AvgIpc) is 2.81. The Hall–Kier alpha value is -4.88. The van der Waals surface area contributed by atoms with Gasteiger partial charge in [-0.2, -0.15) is 4.98 Å². The lowest BCUT2D eigenvalue weighted by Crippen LogP contribution is -2.41. The van der Waals surface area contributed by atoms with Crippen LogP contribution in [-0.4, -0.2) is 66.9 Å². The number of hydrogen-bond donors (Lipinski definition) is 5. The lowest BCUT2D eigenvalue weighted by molar-refractivity contribution is -0.140. The maximum Gasteiger partial charge on any atom is 0.326 e. The highest BCUT2D eigenvalue weighted by molar-refractivity contribution is 5.97. The maximum absolute atomic E-state index is 12.4. The van der Waals surface area contributed by atoms with Crippen LogP contribution in [0, 0.1) is 0 Å². The number of fused-ring (bicyclic) bond motifs is 1. The molecular formula is C21H21N7O7. The van der Waals surface area contributed by atoms with Gasteiger partial charge < -0.3 is 31.0 Å². The van der Waals surface area contributed by atoms with Gasteiger partial charge in [-0.15, -0.1) is 0 Å². The van der Waals surface area contributed by atoms with Gasteiger partial charge in [-0.05, 0) is 30.7 Å². The Labute approximate surface area is 196 Å². The van der Waals surface area contributed by atoms with Crippen LogP contribution in [0.2, 0.25) is 0 Å². The summed E-state index contributed by atoms with van der Waals surface area (Å²) in [4.78, 5) is 73.9. The molecule has 182 valence electrons. The molecule has 0 aliphatic heterocycles. The molecule has 2 aromatic heterocycles. The topological polar surface area (TPSA) is 222 Å². The molecule has 0 aliphatic carbocycles. The van der Waals surface area contributed by atoms with E-state index in [9.17, 15) is 29.1 Å². The number of carboxylic acid groups (broad SMARTS) is 2. The number of carboxylic acids is 2. The van der Waals surface area contributed by atoms with E-state index < -0.39 is 35.9 Å². The van der Waals surface area contributed by atoms with Crippen LogP contribution in [-0.2, 0) is 20.9 Å². The summed E-state index contributed by atoms with van der Waals surface area (Å²) in [6, 6.07) is 4.61. The molecular weight excluding hydrogens is 462 g/mol. The highest BCUT2D eigenvalue weighted by atomic mass is 16.4. The first-order valence-corrected chi connectivity index (χ1v) is 10.2. The standard InChI is InChI=1S/C21H21N7O7/c22-21-26-17-16(19(33)27-21)24-12(9-23-17)10-28(7-8-29)13-3-1-11(2-4-13)18(32)25-14(20(34)35)5-6-15(30)31/h1-4,8-9,14H,5-7,10H2,(H,25,32)(H,30,31)(H,34,35)(H3,22,23,26,27,33).